The van der Waals surface area contributed by atoms with Gasteiger partial charge in [0.15, 0.2) is 0 Å². The molecule has 7 nitrogen and oxygen atoms in total. The van der Waals surface area contributed by atoms with Crippen molar-refractivity contribution in [3.63, 3.8) is 0 Å². The number of sulfonamides is 1. The minimum absolute atomic E-state index is 0.0345. The Morgan fingerprint density at radius 1 is 1.08 bits per heavy atom. The van der Waals surface area contributed by atoms with Gasteiger partial charge >= 0.3 is 0 Å². The second kappa shape index (κ2) is 7.75. The molecule has 2 aromatic rings. The zero-order valence-electron chi connectivity index (χ0n) is 13.7. The fourth-order valence-electron chi connectivity index (χ4n) is 2.64. The Kier molecular flexibility index (Phi) is 5.44. The molecule has 0 unspecified atom stereocenters. The van der Waals surface area contributed by atoms with Crippen LogP contribution in [0, 0.1) is 5.82 Å². The average Bonchev–Trinajstić information content (AvgIpc) is 3.14. The lowest BCUT2D eigenvalue weighted by molar-refractivity contribution is 0.582. The molecule has 0 aliphatic carbocycles. The summed E-state index contributed by atoms with van der Waals surface area (Å²) < 4.78 is 39.5. The smallest absolute Gasteiger partial charge is 0.240 e. The maximum atomic E-state index is 12.9. The summed E-state index contributed by atoms with van der Waals surface area (Å²) in [6, 6.07) is 6.57. The van der Waals surface area contributed by atoms with E-state index in [9.17, 15) is 12.8 Å². The van der Waals surface area contributed by atoms with E-state index in [0.29, 0.717) is 12.4 Å². The minimum atomic E-state index is -3.65. The molecule has 2 N–H and O–H groups in total. The standard InChI is InChI=1S/C16H20FN5O2S/c17-13-3-5-14(6-4-13)25(23,24)21-8-7-18-15-11-16(20-12-19-15)22-9-1-2-10-22/h3-6,11-12,21H,1-2,7-10H2,(H,18,19,20). The number of hydrogen-bond acceptors (Lipinski definition) is 6. The van der Waals surface area contributed by atoms with Crippen LogP contribution >= 0.6 is 0 Å². The van der Waals surface area contributed by atoms with Gasteiger partial charge in [-0.1, -0.05) is 0 Å². The molecule has 134 valence electrons. The zero-order valence-corrected chi connectivity index (χ0v) is 14.5. The van der Waals surface area contributed by atoms with Crippen LogP contribution in [0.3, 0.4) is 0 Å². The number of benzene rings is 1. The van der Waals surface area contributed by atoms with Gasteiger partial charge in [0.2, 0.25) is 10.0 Å². The van der Waals surface area contributed by atoms with E-state index < -0.39 is 15.8 Å². The summed E-state index contributed by atoms with van der Waals surface area (Å²) in [6.45, 7) is 2.54. The highest BCUT2D eigenvalue weighted by Crippen LogP contribution is 2.19. The van der Waals surface area contributed by atoms with Crippen molar-refractivity contribution in [2.75, 3.05) is 36.4 Å². The molecule has 2 heterocycles. The third-order valence-electron chi connectivity index (χ3n) is 3.93. The molecule has 1 aromatic heterocycles. The van der Waals surface area contributed by atoms with Crippen molar-refractivity contribution in [3.05, 3.63) is 42.5 Å². The normalized spacial score (nSPS) is 14.7. The van der Waals surface area contributed by atoms with E-state index in [-0.39, 0.29) is 11.4 Å². The largest absolute Gasteiger partial charge is 0.369 e. The molecule has 1 aromatic carbocycles. The molecular formula is C16H20FN5O2S. The number of rotatable bonds is 7. The number of aromatic nitrogens is 2. The van der Waals surface area contributed by atoms with Gasteiger partial charge in [-0.25, -0.2) is 27.5 Å². The highest BCUT2D eigenvalue weighted by molar-refractivity contribution is 7.89. The molecule has 0 saturated carbocycles. The van der Waals surface area contributed by atoms with E-state index in [0.717, 1.165) is 43.9 Å². The van der Waals surface area contributed by atoms with Gasteiger partial charge < -0.3 is 10.2 Å². The average molecular weight is 365 g/mol. The predicted octanol–water partition coefficient (Wildman–Crippen LogP) is 1.61. The molecule has 0 spiro atoms. The zero-order chi connectivity index (χ0) is 17.7. The summed E-state index contributed by atoms with van der Waals surface area (Å²) in [5.74, 6) is 1.05. The summed E-state index contributed by atoms with van der Waals surface area (Å²) in [5.41, 5.74) is 0. The molecular weight excluding hydrogens is 345 g/mol. The molecule has 25 heavy (non-hydrogen) atoms. The monoisotopic (exact) mass is 365 g/mol. The third-order valence-corrected chi connectivity index (χ3v) is 5.41. The lowest BCUT2D eigenvalue weighted by Gasteiger charge is -2.16. The first-order chi connectivity index (χ1) is 12.0. The summed E-state index contributed by atoms with van der Waals surface area (Å²) in [7, 11) is -3.65. The lowest BCUT2D eigenvalue weighted by atomic mass is 10.4. The number of halogens is 1. The van der Waals surface area contributed by atoms with Crippen molar-refractivity contribution >= 4 is 21.7 Å². The molecule has 9 heteroatoms. The molecule has 0 bridgehead atoms. The van der Waals surface area contributed by atoms with Gasteiger partial charge in [-0.15, -0.1) is 0 Å². The molecule has 1 aliphatic heterocycles. The van der Waals surface area contributed by atoms with Crippen molar-refractivity contribution < 1.29 is 12.8 Å². The second-order valence-electron chi connectivity index (χ2n) is 5.73. The van der Waals surface area contributed by atoms with Gasteiger partial charge in [-0.3, -0.25) is 0 Å². The first kappa shape index (κ1) is 17.6. The minimum Gasteiger partial charge on any atom is -0.369 e. The highest BCUT2D eigenvalue weighted by Gasteiger charge is 2.15. The number of hydrogen-bond donors (Lipinski definition) is 2. The molecule has 0 radical (unpaired) electrons. The molecule has 3 rings (SSSR count). The van der Waals surface area contributed by atoms with Crippen LogP contribution in [0.5, 0.6) is 0 Å². The highest BCUT2D eigenvalue weighted by atomic mass is 32.2. The summed E-state index contributed by atoms with van der Waals surface area (Å²) in [5, 5.41) is 3.08. The van der Waals surface area contributed by atoms with Crippen LogP contribution in [0.25, 0.3) is 0 Å². The lowest BCUT2D eigenvalue weighted by Crippen LogP contribution is -2.29. The Bertz CT molecular complexity index is 808. The van der Waals surface area contributed by atoms with Crippen LogP contribution in [-0.2, 0) is 10.0 Å². The summed E-state index contributed by atoms with van der Waals surface area (Å²) in [6.07, 6.45) is 3.83. The van der Waals surface area contributed by atoms with Crippen LogP contribution < -0.4 is 14.9 Å². The van der Waals surface area contributed by atoms with Crippen LogP contribution in [-0.4, -0.2) is 44.6 Å². The van der Waals surface area contributed by atoms with Crippen molar-refractivity contribution in [3.8, 4) is 0 Å². The van der Waals surface area contributed by atoms with E-state index in [1.165, 1.54) is 18.5 Å². The number of anilines is 2. The number of nitrogens with zero attached hydrogens (tertiary/aromatic N) is 3. The van der Waals surface area contributed by atoms with Crippen molar-refractivity contribution in [1.82, 2.24) is 14.7 Å². The van der Waals surface area contributed by atoms with E-state index in [1.807, 2.05) is 6.07 Å². The van der Waals surface area contributed by atoms with E-state index in [1.54, 1.807) is 0 Å². The van der Waals surface area contributed by atoms with Crippen LogP contribution in [0.4, 0.5) is 16.0 Å². The quantitative estimate of drug-likeness (QED) is 0.725. The predicted molar refractivity (Wildman–Crippen MR) is 93.6 cm³/mol. The van der Waals surface area contributed by atoms with Gasteiger partial charge in [-0.05, 0) is 37.1 Å². The van der Waals surface area contributed by atoms with Gasteiger partial charge in [0.1, 0.15) is 23.8 Å². The first-order valence-electron chi connectivity index (χ1n) is 8.11. The van der Waals surface area contributed by atoms with E-state index in [2.05, 4.69) is 24.9 Å². The Hall–Kier alpha value is -2.26. The Balaban J connectivity index is 1.51. The Morgan fingerprint density at radius 3 is 2.52 bits per heavy atom. The molecule has 1 saturated heterocycles. The molecule has 0 amide bonds. The van der Waals surface area contributed by atoms with Crippen LogP contribution in [0.2, 0.25) is 0 Å². The van der Waals surface area contributed by atoms with Crippen molar-refractivity contribution in [2.45, 2.75) is 17.7 Å². The SMILES string of the molecule is O=S(=O)(NCCNc1cc(N2CCCC2)ncn1)c1ccc(F)cc1. The topological polar surface area (TPSA) is 87.2 Å². The van der Waals surface area contributed by atoms with Crippen LogP contribution in [0.1, 0.15) is 12.8 Å². The maximum Gasteiger partial charge on any atom is 0.240 e. The van der Waals surface area contributed by atoms with E-state index >= 15 is 0 Å². The van der Waals surface area contributed by atoms with E-state index in [4.69, 9.17) is 0 Å². The van der Waals surface area contributed by atoms with Crippen LogP contribution in [0.15, 0.2) is 41.6 Å². The molecule has 1 fully saturated rings. The fraction of sp³-hybridized carbons (Fsp3) is 0.375. The van der Waals surface area contributed by atoms with Gasteiger partial charge in [0, 0.05) is 32.2 Å². The maximum absolute atomic E-state index is 12.9. The Morgan fingerprint density at radius 2 is 1.80 bits per heavy atom. The summed E-state index contributed by atoms with van der Waals surface area (Å²) in [4.78, 5) is 10.6. The summed E-state index contributed by atoms with van der Waals surface area (Å²) >= 11 is 0. The second-order valence-corrected chi connectivity index (χ2v) is 7.50. The fourth-order valence-corrected chi connectivity index (χ4v) is 3.67. The number of nitrogens with one attached hydrogen (secondary N) is 2. The van der Waals surface area contributed by atoms with Gasteiger partial charge in [0.05, 0.1) is 4.90 Å². The Labute approximate surface area is 146 Å². The van der Waals surface area contributed by atoms with Gasteiger partial charge in [0.25, 0.3) is 0 Å². The van der Waals surface area contributed by atoms with Gasteiger partial charge in [-0.2, -0.15) is 0 Å². The van der Waals surface area contributed by atoms with Crippen molar-refractivity contribution in [2.24, 2.45) is 0 Å². The third kappa shape index (κ3) is 4.64. The molecule has 0 atom stereocenters. The van der Waals surface area contributed by atoms with Crippen molar-refractivity contribution in [1.29, 1.82) is 0 Å². The first-order valence-corrected chi connectivity index (χ1v) is 9.59. The molecule has 1 aliphatic rings.